The predicted molar refractivity (Wildman–Crippen MR) is 89.4 cm³/mol. The summed E-state index contributed by atoms with van der Waals surface area (Å²) < 4.78 is 7.60. The molecule has 0 saturated carbocycles. The molecular formula is C14H14BrClN4O3. The molecule has 1 heterocycles. The van der Waals surface area contributed by atoms with Crippen LogP contribution in [-0.4, -0.2) is 28.7 Å². The first kappa shape index (κ1) is 17.3. The van der Waals surface area contributed by atoms with Gasteiger partial charge in [0.15, 0.2) is 5.84 Å². The summed E-state index contributed by atoms with van der Waals surface area (Å²) in [5.74, 6) is -0.0480. The Labute approximate surface area is 146 Å². The van der Waals surface area contributed by atoms with Gasteiger partial charge >= 0.3 is 5.97 Å². The molecule has 0 aliphatic rings. The summed E-state index contributed by atoms with van der Waals surface area (Å²) in [5.41, 5.74) is 6.26. The maximum absolute atomic E-state index is 11.7. The Hall–Kier alpha value is -2.06. The lowest BCUT2D eigenvalue weighted by molar-refractivity contribution is -0.143. The molecule has 0 amide bonds. The normalized spacial score (nSPS) is 11.3. The number of oxime groups is 1. The average Bonchev–Trinajstić information content (AvgIpc) is 2.96. The molecule has 0 saturated heterocycles. The highest BCUT2D eigenvalue weighted by Gasteiger charge is 2.10. The molecule has 2 N–H and O–H groups in total. The molecule has 0 aliphatic carbocycles. The van der Waals surface area contributed by atoms with Crippen LogP contribution in [0, 0.1) is 0 Å². The van der Waals surface area contributed by atoms with E-state index in [1.807, 2.05) is 0 Å². The zero-order valence-corrected chi connectivity index (χ0v) is 14.5. The fourth-order valence-electron chi connectivity index (χ4n) is 1.74. The molecule has 1 aromatic heterocycles. The van der Waals surface area contributed by atoms with Crippen LogP contribution in [0.1, 0.15) is 12.0 Å². The van der Waals surface area contributed by atoms with Gasteiger partial charge in [0.05, 0.1) is 36.3 Å². The Morgan fingerprint density at radius 1 is 1.52 bits per heavy atom. The van der Waals surface area contributed by atoms with Crippen LogP contribution in [-0.2, 0) is 16.2 Å². The van der Waals surface area contributed by atoms with E-state index >= 15 is 0 Å². The number of halogens is 2. The van der Waals surface area contributed by atoms with Crippen molar-refractivity contribution in [1.29, 1.82) is 0 Å². The number of benzene rings is 1. The fraction of sp³-hybridized carbons (Fsp3) is 0.214. The van der Waals surface area contributed by atoms with E-state index in [-0.39, 0.29) is 12.3 Å². The van der Waals surface area contributed by atoms with Crippen LogP contribution in [0.15, 0.2) is 40.2 Å². The van der Waals surface area contributed by atoms with E-state index in [0.717, 1.165) is 4.47 Å². The molecule has 1 aromatic carbocycles. The van der Waals surface area contributed by atoms with Crippen molar-refractivity contribution in [3.63, 3.8) is 0 Å². The molecule has 9 heteroatoms. The highest BCUT2D eigenvalue weighted by molar-refractivity contribution is 9.10. The highest BCUT2D eigenvalue weighted by Crippen LogP contribution is 2.22. The Morgan fingerprint density at radius 3 is 2.96 bits per heavy atom. The SMILES string of the molecule is COc1ccc(Cl)cc1/C(N)=N/OC(=O)CCn1cc(Br)cn1. The van der Waals surface area contributed by atoms with Crippen LogP contribution in [0.4, 0.5) is 0 Å². The third-order valence-corrected chi connectivity index (χ3v) is 3.47. The second-order valence-corrected chi connectivity index (χ2v) is 5.81. The summed E-state index contributed by atoms with van der Waals surface area (Å²) in [6, 6.07) is 4.89. The molecule has 23 heavy (non-hydrogen) atoms. The number of carbonyl (C=O) groups excluding carboxylic acids is 1. The summed E-state index contributed by atoms with van der Waals surface area (Å²) in [7, 11) is 1.49. The van der Waals surface area contributed by atoms with Crippen LogP contribution >= 0.6 is 27.5 Å². The van der Waals surface area contributed by atoms with Crippen molar-refractivity contribution in [3.05, 3.63) is 45.7 Å². The summed E-state index contributed by atoms with van der Waals surface area (Å²) in [6.45, 7) is 0.375. The number of hydrogen-bond acceptors (Lipinski definition) is 5. The van der Waals surface area contributed by atoms with Crippen LogP contribution in [0.5, 0.6) is 5.75 Å². The van der Waals surface area contributed by atoms with Crippen LogP contribution in [0.2, 0.25) is 5.02 Å². The molecule has 0 bridgehead atoms. The molecule has 0 aliphatic heterocycles. The van der Waals surface area contributed by atoms with Gasteiger partial charge < -0.3 is 15.3 Å². The Bertz CT molecular complexity index is 733. The van der Waals surface area contributed by atoms with Crippen molar-refractivity contribution < 1.29 is 14.4 Å². The van der Waals surface area contributed by atoms with Gasteiger partial charge in [-0.3, -0.25) is 4.68 Å². The van der Waals surface area contributed by atoms with Gasteiger partial charge in [0.1, 0.15) is 5.75 Å². The standard InChI is InChI=1S/C14H14BrClN4O3/c1-22-12-3-2-10(16)6-11(12)14(17)19-23-13(21)4-5-20-8-9(15)7-18-20/h2-3,6-8H,4-5H2,1H3,(H2,17,19). The minimum atomic E-state index is -0.527. The first-order valence-electron chi connectivity index (χ1n) is 6.55. The van der Waals surface area contributed by atoms with Crippen molar-refractivity contribution in [2.75, 3.05) is 7.11 Å². The van der Waals surface area contributed by atoms with Gasteiger partial charge in [0.25, 0.3) is 0 Å². The van der Waals surface area contributed by atoms with Crippen molar-refractivity contribution in [2.24, 2.45) is 10.9 Å². The second kappa shape index (κ2) is 7.98. The number of amidine groups is 1. The minimum absolute atomic E-state index is 0.000432. The van der Waals surface area contributed by atoms with E-state index in [2.05, 4.69) is 26.2 Å². The van der Waals surface area contributed by atoms with Gasteiger partial charge in [-0.1, -0.05) is 16.8 Å². The zero-order valence-electron chi connectivity index (χ0n) is 12.2. The molecule has 0 atom stereocenters. The average molecular weight is 402 g/mol. The van der Waals surface area contributed by atoms with Crippen LogP contribution in [0.3, 0.4) is 0 Å². The highest BCUT2D eigenvalue weighted by atomic mass is 79.9. The van der Waals surface area contributed by atoms with Crippen molar-refractivity contribution >= 4 is 39.3 Å². The van der Waals surface area contributed by atoms with E-state index in [4.69, 9.17) is 26.9 Å². The molecule has 0 spiro atoms. The number of carbonyl (C=O) groups is 1. The lowest BCUT2D eigenvalue weighted by Crippen LogP contribution is -2.17. The predicted octanol–water partition coefficient (Wildman–Crippen LogP) is 2.56. The number of hydrogen-bond donors (Lipinski definition) is 1. The van der Waals surface area contributed by atoms with Gasteiger partial charge in [0, 0.05) is 11.2 Å². The molecule has 0 unspecified atom stereocenters. The number of aryl methyl sites for hydroxylation is 1. The third kappa shape index (κ3) is 4.97. The van der Waals surface area contributed by atoms with Crippen LogP contribution in [0.25, 0.3) is 0 Å². The lowest BCUT2D eigenvalue weighted by atomic mass is 10.2. The number of methoxy groups -OCH3 is 1. The maximum atomic E-state index is 11.7. The lowest BCUT2D eigenvalue weighted by Gasteiger charge is -2.07. The van der Waals surface area contributed by atoms with Crippen molar-refractivity contribution in [2.45, 2.75) is 13.0 Å². The molecule has 122 valence electrons. The van der Waals surface area contributed by atoms with Gasteiger partial charge in [-0.05, 0) is 34.1 Å². The summed E-state index contributed by atoms with van der Waals surface area (Å²) in [4.78, 5) is 16.5. The van der Waals surface area contributed by atoms with Crippen LogP contribution < -0.4 is 10.5 Å². The molecule has 0 fully saturated rings. The smallest absolute Gasteiger partial charge is 0.336 e. The van der Waals surface area contributed by atoms with Gasteiger partial charge in [0.2, 0.25) is 0 Å². The van der Waals surface area contributed by atoms with E-state index in [0.29, 0.717) is 22.9 Å². The number of aromatic nitrogens is 2. The first-order valence-corrected chi connectivity index (χ1v) is 7.72. The molecule has 7 nitrogen and oxygen atoms in total. The number of nitrogens with two attached hydrogens (primary N) is 1. The molecule has 2 rings (SSSR count). The van der Waals surface area contributed by atoms with E-state index in [1.165, 1.54) is 7.11 Å². The van der Waals surface area contributed by atoms with Crippen molar-refractivity contribution in [3.8, 4) is 5.75 Å². The summed E-state index contributed by atoms with van der Waals surface area (Å²) >= 11 is 9.19. The van der Waals surface area contributed by atoms with Gasteiger partial charge in [-0.25, -0.2) is 4.79 Å². The van der Waals surface area contributed by atoms with E-state index in [9.17, 15) is 4.79 Å². The fourth-order valence-corrected chi connectivity index (χ4v) is 2.24. The maximum Gasteiger partial charge on any atom is 0.336 e. The Kier molecular flexibility index (Phi) is 6.00. The van der Waals surface area contributed by atoms with E-state index < -0.39 is 5.97 Å². The Morgan fingerprint density at radius 2 is 2.30 bits per heavy atom. The molecular weight excluding hydrogens is 388 g/mol. The largest absolute Gasteiger partial charge is 0.496 e. The number of rotatable bonds is 6. The van der Waals surface area contributed by atoms with Crippen molar-refractivity contribution in [1.82, 2.24) is 9.78 Å². The topological polar surface area (TPSA) is 91.7 Å². The second-order valence-electron chi connectivity index (χ2n) is 4.46. The Balaban J connectivity index is 1.96. The van der Waals surface area contributed by atoms with Gasteiger partial charge in [-0.15, -0.1) is 0 Å². The molecule has 2 aromatic rings. The summed E-state index contributed by atoms with van der Waals surface area (Å²) in [6.07, 6.45) is 3.49. The monoisotopic (exact) mass is 400 g/mol. The van der Waals surface area contributed by atoms with E-state index in [1.54, 1.807) is 35.3 Å². The zero-order chi connectivity index (χ0) is 16.8. The quantitative estimate of drug-likeness (QED) is 0.348. The third-order valence-electron chi connectivity index (χ3n) is 2.83. The molecule has 0 radical (unpaired) electrons. The van der Waals surface area contributed by atoms with Gasteiger partial charge in [-0.2, -0.15) is 5.10 Å². The number of ether oxygens (including phenoxy) is 1. The summed E-state index contributed by atoms with van der Waals surface area (Å²) in [5, 5.41) is 8.13. The minimum Gasteiger partial charge on any atom is -0.496 e. The number of nitrogens with zero attached hydrogens (tertiary/aromatic N) is 3. The first-order chi connectivity index (χ1) is 11.0.